The smallest absolute Gasteiger partial charge is 0.335 e. The standard InChI is InChI=1S/C25H28O2/c1-15-14-22(24(26)27-25(3,4)5)21-13-12-19-18-9-7-6-8-17(18)10-11-20(19)23(21)16(15)2/h6-10,12-13,15-16H,11,14H2,1-5H3/t15-,16?/m0/s1. The van der Waals surface area contributed by atoms with Crippen LogP contribution in [0.15, 0.2) is 36.4 Å². The van der Waals surface area contributed by atoms with Crippen molar-refractivity contribution in [1.82, 2.24) is 0 Å². The van der Waals surface area contributed by atoms with Crippen LogP contribution in [-0.2, 0) is 16.0 Å². The van der Waals surface area contributed by atoms with E-state index in [2.05, 4.69) is 56.3 Å². The zero-order chi connectivity index (χ0) is 19.3. The summed E-state index contributed by atoms with van der Waals surface area (Å²) in [5, 5.41) is 5.02. The molecule has 27 heavy (non-hydrogen) atoms. The lowest BCUT2D eigenvalue weighted by molar-refractivity contribution is -0.147. The minimum absolute atomic E-state index is 0.164. The highest BCUT2D eigenvalue weighted by atomic mass is 16.6. The maximum Gasteiger partial charge on any atom is 0.335 e. The van der Waals surface area contributed by atoms with Crippen molar-refractivity contribution in [2.75, 3.05) is 0 Å². The first kappa shape index (κ1) is 18.0. The molecule has 2 nitrogen and oxygen atoms in total. The van der Waals surface area contributed by atoms with Crippen LogP contribution in [-0.4, -0.2) is 11.6 Å². The number of carbonyl (C=O) groups is 1. The number of carbonyl (C=O) groups excluding carboxylic acids is 1. The van der Waals surface area contributed by atoms with E-state index in [0.29, 0.717) is 11.8 Å². The molecule has 0 bridgehead atoms. The molecule has 0 radical (unpaired) electrons. The Balaban J connectivity index is 2.04. The molecule has 0 aliphatic heterocycles. The van der Waals surface area contributed by atoms with Crippen LogP contribution in [0.4, 0.5) is 0 Å². The second-order valence-corrected chi connectivity index (χ2v) is 9.00. The summed E-state index contributed by atoms with van der Waals surface area (Å²) in [7, 11) is 0. The van der Waals surface area contributed by atoms with E-state index in [0.717, 1.165) is 23.6 Å². The summed E-state index contributed by atoms with van der Waals surface area (Å²) >= 11 is 0. The van der Waals surface area contributed by atoms with E-state index in [-0.39, 0.29) is 5.97 Å². The number of fused-ring (bicyclic) bond motifs is 4. The molecular weight excluding hydrogens is 332 g/mol. The summed E-state index contributed by atoms with van der Waals surface area (Å²) in [4.78, 5) is 12.9. The third-order valence-electron chi connectivity index (χ3n) is 5.94. The average Bonchev–Trinajstić information content (AvgIpc) is 2.62. The fraction of sp³-hybridized carbons (Fsp3) is 0.400. The van der Waals surface area contributed by atoms with Gasteiger partial charge in [0.1, 0.15) is 5.60 Å². The minimum Gasteiger partial charge on any atom is -0.457 e. The maximum atomic E-state index is 12.9. The Bertz CT molecular complexity index is 1130. The molecule has 0 heterocycles. The van der Waals surface area contributed by atoms with Crippen molar-refractivity contribution in [2.45, 2.75) is 59.0 Å². The lowest BCUT2D eigenvalue weighted by atomic mass is 9.74. The topological polar surface area (TPSA) is 26.3 Å². The average molecular weight is 360 g/mol. The van der Waals surface area contributed by atoms with Gasteiger partial charge in [-0.15, -0.1) is 0 Å². The van der Waals surface area contributed by atoms with E-state index in [9.17, 15) is 4.79 Å². The third-order valence-corrected chi connectivity index (χ3v) is 5.94. The molecule has 0 amide bonds. The molecule has 0 aromatic heterocycles. The van der Waals surface area contributed by atoms with Crippen LogP contribution < -0.4 is 10.4 Å². The molecule has 4 rings (SSSR count). The molecule has 0 spiro atoms. The first-order chi connectivity index (χ1) is 12.8. The highest BCUT2D eigenvalue weighted by Gasteiger charge is 2.31. The lowest BCUT2D eigenvalue weighted by Crippen LogP contribution is -2.34. The monoisotopic (exact) mass is 360 g/mol. The van der Waals surface area contributed by atoms with E-state index >= 15 is 0 Å². The van der Waals surface area contributed by atoms with Crippen molar-refractivity contribution in [3.63, 3.8) is 0 Å². The summed E-state index contributed by atoms with van der Waals surface area (Å²) in [5.74, 6) is 0.686. The molecule has 0 saturated heterocycles. The molecule has 2 aliphatic carbocycles. The van der Waals surface area contributed by atoms with Gasteiger partial charge < -0.3 is 4.74 Å². The SMILES string of the molecule is CC1c2c3c(ccc2=C(C(=O)OC(C)(C)C)C[C@@H]1C)=c1ccccc1=CC3. The molecule has 2 heteroatoms. The van der Waals surface area contributed by atoms with Crippen LogP contribution in [0.5, 0.6) is 0 Å². The first-order valence-corrected chi connectivity index (χ1v) is 9.94. The number of hydrogen-bond donors (Lipinski definition) is 0. The van der Waals surface area contributed by atoms with Crippen molar-refractivity contribution >= 4 is 17.6 Å². The Labute approximate surface area is 160 Å². The largest absolute Gasteiger partial charge is 0.457 e. The Kier molecular flexibility index (Phi) is 4.25. The van der Waals surface area contributed by atoms with Gasteiger partial charge in [0.15, 0.2) is 0 Å². The molecule has 0 saturated carbocycles. The van der Waals surface area contributed by atoms with Gasteiger partial charge in [0, 0.05) is 5.57 Å². The van der Waals surface area contributed by atoms with Crippen LogP contribution in [0.1, 0.15) is 58.1 Å². The Hall–Kier alpha value is -2.35. The van der Waals surface area contributed by atoms with E-state index in [1.165, 1.54) is 26.8 Å². The Morgan fingerprint density at radius 2 is 1.70 bits per heavy atom. The van der Waals surface area contributed by atoms with Crippen LogP contribution >= 0.6 is 0 Å². The second-order valence-electron chi connectivity index (χ2n) is 9.00. The van der Waals surface area contributed by atoms with Crippen LogP contribution in [0.3, 0.4) is 0 Å². The molecule has 2 aromatic rings. The van der Waals surface area contributed by atoms with E-state index in [1.54, 1.807) is 0 Å². The maximum absolute atomic E-state index is 12.9. The van der Waals surface area contributed by atoms with Crippen LogP contribution in [0, 0.1) is 16.4 Å². The second kappa shape index (κ2) is 6.37. The van der Waals surface area contributed by atoms with Crippen LogP contribution in [0.25, 0.3) is 11.6 Å². The van der Waals surface area contributed by atoms with Gasteiger partial charge in [-0.25, -0.2) is 4.79 Å². The molecule has 1 unspecified atom stereocenters. The number of ether oxygens (including phenoxy) is 1. The predicted octanol–water partition coefficient (Wildman–Crippen LogP) is 3.95. The predicted molar refractivity (Wildman–Crippen MR) is 109 cm³/mol. The summed E-state index contributed by atoms with van der Waals surface area (Å²) in [5.41, 5.74) is 3.09. The van der Waals surface area contributed by atoms with Crippen molar-refractivity contribution in [2.24, 2.45) is 5.92 Å². The van der Waals surface area contributed by atoms with Crippen molar-refractivity contribution in [1.29, 1.82) is 0 Å². The molecule has 0 N–H and O–H groups in total. The number of hydrogen-bond acceptors (Lipinski definition) is 2. The molecule has 2 aromatic carbocycles. The third kappa shape index (κ3) is 3.12. The summed E-state index contributed by atoms with van der Waals surface area (Å²) in [6, 6.07) is 12.9. The van der Waals surface area contributed by atoms with Gasteiger partial charge in [-0.05, 0) is 77.5 Å². The van der Waals surface area contributed by atoms with Gasteiger partial charge in [0.05, 0.1) is 0 Å². The lowest BCUT2D eigenvalue weighted by Gasteiger charge is -2.31. The number of esters is 1. The van der Waals surface area contributed by atoms with E-state index < -0.39 is 5.60 Å². The fourth-order valence-corrected chi connectivity index (χ4v) is 4.48. The molecule has 0 fully saturated rings. The van der Waals surface area contributed by atoms with E-state index in [1.807, 2.05) is 20.8 Å². The summed E-state index contributed by atoms with van der Waals surface area (Å²) in [6.45, 7) is 10.3. The van der Waals surface area contributed by atoms with E-state index in [4.69, 9.17) is 4.74 Å². The Morgan fingerprint density at radius 3 is 2.44 bits per heavy atom. The molecule has 2 atom stereocenters. The van der Waals surface area contributed by atoms with Crippen molar-refractivity contribution < 1.29 is 9.53 Å². The normalized spacial score (nSPS) is 20.9. The quantitative estimate of drug-likeness (QED) is 0.720. The zero-order valence-corrected chi connectivity index (χ0v) is 16.9. The molecule has 2 aliphatic rings. The fourth-order valence-electron chi connectivity index (χ4n) is 4.48. The number of rotatable bonds is 1. The van der Waals surface area contributed by atoms with Gasteiger partial charge in [0.2, 0.25) is 0 Å². The highest BCUT2D eigenvalue weighted by Crippen LogP contribution is 2.35. The van der Waals surface area contributed by atoms with Gasteiger partial charge in [0.25, 0.3) is 0 Å². The van der Waals surface area contributed by atoms with Gasteiger partial charge in [-0.3, -0.25) is 0 Å². The number of benzene rings is 2. The van der Waals surface area contributed by atoms with Gasteiger partial charge in [-0.2, -0.15) is 0 Å². The van der Waals surface area contributed by atoms with Gasteiger partial charge in [-0.1, -0.05) is 56.3 Å². The molecular formula is C25H28O2. The van der Waals surface area contributed by atoms with Crippen molar-refractivity contribution in [3.05, 3.63) is 68.4 Å². The molecule has 140 valence electrons. The summed E-state index contributed by atoms with van der Waals surface area (Å²) in [6.07, 6.45) is 4.02. The summed E-state index contributed by atoms with van der Waals surface area (Å²) < 4.78 is 5.73. The minimum atomic E-state index is -0.475. The van der Waals surface area contributed by atoms with Crippen molar-refractivity contribution in [3.8, 4) is 0 Å². The Morgan fingerprint density at radius 1 is 1.00 bits per heavy atom. The highest BCUT2D eigenvalue weighted by molar-refractivity contribution is 6.10. The zero-order valence-electron chi connectivity index (χ0n) is 16.9. The first-order valence-electron chi connectivity index (χ1n) is 9.94. The van der Waals surface area contributed by atoms with Gasteiger partial charge >= 0.3 is 5.97 Å². The van der Waals surface area contributed by atoms with Crippen LogP contribution in [0.2, 0.25) is 0 Å².